The molecule has 2 aromatic rings. The number of furan rings is 1. The molecular weight excluding hydrogens is 256 g/mol. The van der Waals surface area contributed by atoms with Gasteiger partial charge in [-0.05, 0) is 24.3 Å². The molecule has 2 N–H and O–H groups in total. The molecule has 5 nitrogen and oxygen atoms in total. The van der Waals surface area contributed by atoms with Gasteiger partial charge in [0.1, 0.15) is 0 Å². The highest BCUT2D eigenvalue weighted by atomic mass is 16.3. The van der Waals surface area contributed by atoms with Gasteiger partial charge in [0.15, 0.2) is 5.76 Å². The van der Waals surface area contributed by atoms with E-state index in [2.05, 4.69) is 10.6 Å². The first kappa shape index (κ1) is 13.9. The molecule has 0 bridgehead atoms. The van der Waals surface area contributed by atoms with Crippen LogP contribution >= 0.6 is 0 Å². The van der Waals surface area contributed by atoms with Crippen LogP contribution in [0.3, 0.4) is 0 Å². The van der Waals surface area contributed by atoms with Gasteiger partial charge in [-0.25, -0.2) is 0 Å². The van der Waals surface area contributed by atoms with E-state index in [0.29, 0.717) is 11.4 Å². The molecule has 1 aromatic heterocycles. The van der Waals surface area contributed by atoms with Crippen LogP contribution in [-0.2, 0) is 4.79 Å². The molecule has 0 saturated carbocycles. The van der Waals surface area contributed by atoms with Crippen molar-refractivity contribution in [1.29, 1.82) is 0 Å². The molecule has 0 spiro atoms. The zero-order valence-electron chi connectivity index (χ0n) is 11.3. The number of nitrogens with one attached hydrogen (secondary N) is 2. The van der Waals surface area contributed by atoms with Gasteiger partial charge in [0.05, 0.1) is 17.6 Å². The summed E-state index contributed by atoms with van der Waals surface area (Å²) in [6.45, 7) is 3.61. The van der Waals surface area contributed by atoms with E-state index in [0.717, 1.165) is 0 Å². The second-order valence-corrected chi connectivity index (χ2v) is 4.62. The Labute approximate surface area is 117 Å². The highest BCUT2D eigenvalue weighted by Crippen LogP contribution is 2.22. The highest BCUT2D eigenvalue weighted by molar-refractivity contribution is 6.05. The third-order valence-electron chi connectivity index (χ3n) is 2.70. The molecule has 0 aliphatic carbocycles. The molecule has 20 heavy (non-hydrogen) atoms. The van der Waals surface area contributed by atoms with Crippen LogP contribution in [0.25, 0.3) is 0 Å². The van der Waals surface area contributed by atoms with E-state index in [1.165, 1.54) is 6.26 Å². The SMILES string of the molecule is CC(C)C(=O)Nc1ccccc1NC(=O)c1ccco1. The molecular formula is C15H16N2O3. The predicted octanol–water partition coefficient (Wildman–Crippen LogP) is 3.13. The van der Waals surface area contributed by atoms with Crippen molar-refractivity contribution in [2.75, 3.05) is 10.6 Å². The average molecular weight is 272 g/mol. The second-order valence-electron chi connectivity index (χ2n) is 4.62. The highest BCUT2D eigenvalue weighted by Gasteiger charge is 2.13. The first-order valence-corrected chi connectivity index (χ1v) is 6.32. The van der Waals surface area contributed by atoms with Crippen LogP contribution in [0.1, 0.15) is 24.4 Å². The topological polar surface area (TPSA) is 71.3 Å². The Morgan fingerprint density at radius 1 is 1.00 bits per heavy atom. The van der Waals surface area contributed by atoms with Crippen LogP contribution in [0.15, 0.2) is 47.1 Å². The summed E-state index contributed by atoms with van der Waals surface area (Å²) < 4.78 is 5.03. The van der Waals surface area contributed by atoms with Crippen molar-refractivity contribution in [2.45, 2.75) is 13.8 Å². The summed E-state index contributed by atoms with van der Waals surface area (Å²) in [7, 11) is 0. The molecule has 5 heteroatoms. The molecule has 0 atom stereocenters. The van der Waals surface area contributed by atoms with Gasteiger partial charge in [-0.15, -0.1) is 0 Å². The molecule has 104 valence electrons. The average Bonchev–Trinajstić information content (AvgIpc) is 2.94. The third-order valence-corrected chi connectivity index (χ3v) is 2.70. The molecule has 1 aromatic carbocycles. The van der Waals surface area contributed by atoms with Crippen molar-refractivity contribution in [3.8, 4) is 0 Å². The number of hydrogen-bond donors (Lipinski definition) is 2. The molecule has 0 radical (unpaired) electrons. The van der Waals surface area contributed by atoms with E-state index >= 15 is 0 Å². The van der Waals surface area contributed by atoms with Crippen LogP contribution in [0, 0.1) is 5.92 Å². The lowest BCUT2D eigenvalue weighted by Gasteiger charge is -2.12. The lowest BCUT2D eigenvalue weighted by atomic mass is 10.2. The maximum absolute atomic E-state index is 11.9. The number of anilines is 2. The Morgan fingerprint density at radius 2 is 1.65 bits per heavy atom. The number of carbonyl (C=O) groups excluding carboxylic acids is 2. The van der Waals surface area contributed by atoms with Crippen molar-refractivity contribution < 1.29 is 14.0 Å². The molecule has 0 aliphatic heterocycles. The Hall–Kier alpha value is -2.56. The maximum Gasteiger partial charge on any atom is 0.291 e. The fraction of sp³-hybridized carbons (Fsp3) is 0.200. The quantitative estimate of drug-likeness (QED) is 0.898. The summed E-state index contributed by atoms with van der Waals surface area (Å²) in [5.74, 6) is -0.384. The normalized spacial score (nSPS) is 10.3. The lowest BCUT2D eigenvalue weighted by Crippen LogP contribution is -2.20. The number of para-hydroxylation sites is 2. The lowest BCUT2D eigenvalue weighted by molar-refractivity contribution is -0.118. The van der Waals surface area contributed by atoms with Gasteiger partial charge >= 0.3 is 0 Å². The van der Waals surface area contributed by atoms with Gasteiger partial charge in [-0.3, -0.25) is 9.59 Å². The summed E-state index contributed by atoms with van der Waals surface area (Å²) in [6.07, 6.45) is 1.43. The predicted molar refractivity (Wildman–Crippen MR) is 76.6 cm³/mol. The first-order valence-electron chi connectivity index (χ1n) is 6.32. The second kappa shape index (κ2) is 6.06. The molecule has 2 amide bonds. The Morgan fingerprint density at radius 3 is 2.20 bits per heavy atom. The van der Waals surface area contributed by atoms with Gasteiger partial charge in [0, 0.05) is 5.92 Å². The van der Waals surface area contributed by atoms with Crippen LogP contribution < -0.4 is 10.6 Å². The number of carbonyl (C=O) groups is 2. The van der Waals surface area contributed by atoms with Crippen LogP contribution in [0.5, 0.6) is 0 Å². The van der Waals surface area contributed by atoms with Crippen LogP contribution in [0.2, 0.25) is 0 Å². The fourth-order valence-corrected chi connectivity index (χ4v) is 1.57. The Bertz CT molecular complexity index is 603. The molecule has 0 saturated heterocycles. The van der Waals surface area contributed by atoms with E-state index in [-0.39, 0.29) is 23.5 Å². The van der Waals surface area contributed by atoms with E-state index in [1.807, 2.05) is 0 Å². The monoisotopic (exact) mass is 272 g/mol. The summed E-state index contributed by atoms with van der Waals surface area (Å²) >= 11 is 0. The molecule has 0 fully saturated rings. The summed E-state index contributed by atoms with van der Waals surface area (Å²) in [5.41, 5.74) is 1.09. The summed E-state index contributed by atoms with van der Waals surface area (Å²) in [6, 6.07) is 10.2. The number of amides is 2. The number of benzene rings is 1. The standard InChI is InChI=1S/C15H16N2O3/c1-10(2)14(18)16-11-6-3-4-7-12(11)17-15(19)13-8-5-9-20-13/h3-10H,1-2H3,(H,16,18)(H,17,19). The molecule has 0 unspecified atom stereocenters. The smallest absolute Gasteiger partial charge is 0.291 e. The Balaban J connectivity index is 2.16. The van der Waals surface area contributed by atoms with Crippen molar-refractivity contribution >= 4 is 23.2 Å². The minimum atomic E-state index is -0.360. The minimum Gasteiger partial charge on any atom is -0.459 e. The van der Waals surface area contributed by atoms with Gasteiger partial charge in [0.25, 0.3) is 5.91 Å². The van der Waals surface area contributed by atoms with E-state index < -0.39 is 0 Å². The van der Waals surface area contributed by atoms with Gasteiger partial charge in [-0.1, -0.05) is 26.0 Å². The number of hydrogen-bond acceptors (Lipinski definition) is 3. The molecule has 2 rings (SSSR count). The van der Waals surface area contributed by atoms with Crippen molar-refractivity contribution in [2.24, 2.45) is 5.92 Å². The summed E-state index contributed by atoms with van der Waals surface area (Å²) in [5, 5.41) is 5.49. The number of rotatable bonds is 4. The van der Waals surface area contributed by atoms with Gasteiger partial charge in [-0.2, -0.15) is 0 Å². The molecule has 1 heterocycles. The zero-order chi connectivity index (χ0) is 14.5. The van der Waals surface area contributed by atoms with E-state index in [4.69, 9.17) is 4.42 Å². The minimum absolute atomic E-state index is 0.107. The summed E-state index contributed by atoms with van der Waals surface area (Å²) in [4.78, 5) is 23.7. The maximum atomic E-state index is 11.9. The van der Waals surface area contributed by atoms with Crippen LogP contribution in [-0.4, -0.2) is 11.8 Å². The third kappa shape index (κ3) is 3.26. The largest absolute Gasteiger partial charge is 0.459 e. The molecule has 0 aliphatic rings. The Kier molecular flexibility index (Phi) is 4.20. The first-order chi connectivity index (χ1) is 9.58. The van der Waals surface area contributed by atoms with Crippen molar-refractivity contribution in [1.82, 2.24) is 0 Å². The van der Waals surface area contributed by atoms with Crippen molar-refractivity contribution in [3.05, 3.63) is 48.4 Å². The van der Waals surface area contributed by atoms with Crippen LogP contribution in [0.4, 0.5) is 11.4 Å². The van der Waals surface area contributed by atoms with E-state index in [9.17, 15) is 9.59 Å². The van der Waals surface area contributed by atoms with Crippen molar-refractivity contribution in [3.63, 3.8) is 0 Å². The van der Waals surface area contributed by atoms with Gasteiger partial charge < -0.3 is 15.1 Å². The van der Waals surface area contributed by atoms with Gasteiger partial charge in [0.2, 0.25) is 5.91 Å². The fourth-order valence-electron chi connectivity index (χ4n) is 1.57. The zero-order valence-corrected chi connectivity index (χ0v) is 11.3. The van der Waals surface area contributed by atoms with E-state index in [1.54, 1.807) is 50.2 Å².